The van der Waals surface area contributed by atoms with Crippen LogP contribution < -0.4 is 0 Å². The molecule has 0 amide bonds. The van der Waals surface area contributed by atoms with Crippen LogP contribution in [0, 0.1) is 11.8 Å². The molecule has 2 atom stereocenters. The van der Waals surface area contributed by atoms with Crippen LogP contribution in [0.3, 0.4) is 0 Å². The summed E-state index contributed by atoms with van der Waals surface area (Å²) in [6.07, 6.45) is 5.19. The molecule has 0 N–H and O–H groups in total. The molecule has 1 aliphatic rings. The Hall–Kier alpha value is -0.370. The Morgan fingerprint density at radius 3 is 2.28 bits per heavy atom. The molecular formula is C16H30O2. The molecule has 0 saturated carbocycles. The summed E-state index contributed by atoms with van der Waals surface area (Å²) in [6.45, 7) is 12.6. The number of unbranched alkanes of at least 4 members (excludes halogenated alkanes) is 1. The summed E-state index contributed by atoms with van der Waals surface area (Å²) in [5.41, 5.74) is -0.465. The van der Waals surface area contributed by atoms with Crippen LogP contribution in [0.4, 0.5) is 0 Å². The van der Waals surface area contributed by atoms with E-state index in [-0.39, 0.29) is 23.0 Å². The zero-order valence-corrected chi connectivity index (χ0v) is 13.0. The van der Waals surface area contributed by atoms with Crippen LogP contribution in [0.2, 0.25) is 0 Å². The van der Waals surface area contributed by atoms with Crippen molar-refractivity contribution in [3.8, 4) is 0 Å². The van der Waals surface area contributed by atoms with Crippen molar-refractivity contribution in [3.63, 3.8) is 0 Å². The van der Waals surface area contributed by atoms with E-state index in [0.717, 1.165) is 25.7 Å². The zero-order valence-electron chi connectivity index (χ0n) is 13.0. The van der Waals surface area contributed by atoms with Gasteiger partial charge in [-0.25, -0.2) is 0 Å². The Labute approximate surface area is 112 Å². The van der Waals surface area contributed by atoms with Crippen molar-refractivity contribution < 1.29 is 9.53 Å². The summed E-state index contributed by atoms with van der Waals surface area (Å²) >= 11 is 0. The van der Waals surface area contributed by atoms with Gasteiger partial charge in [0.25, 0.3) is 0 Å². The van der Waals surface area contributed by atoms with E-state index in [1.54, 1.807) is 0 Å². The first-order valence-corrected chi connectivity index (χ1v) is 7.47. The monoisotopic (exact) mass is 254 g/mol. The topological polar surface area (TPSA) is 26.3 Å². The Bertz CT molecular complexity index is 291. The summed E-state index contributed by atoms with van der Waals surface area (Å²) in [4.78, 5) is 12.7. The van der Waals surface area contributed by atoms with Crippen molar-refractivity contribution in [2.45, 2.75) is 84.8 Å². The lowest BCUT2D eigenvalue weighted by molar-refractivity contribution is -0.133. The fraction of sp³-hybridized carbons (Fsp3) is 0.938. The van der Waals surface area contributed by atoms with Crippen LogP contribution in [-0.2, 0) is 9.53 Å². The second kappa shape index (κ2) is 5.73. The Kier molecular flexibility index (Phi) is 4.99. The van der Waals surface area contributed by atoms with Gasteiger partial charge in [-0.3, -0.25) is 4.79 Å². The quantitative estimate of drug-likeness (QED) is 0.703. The van der Waals surface area contributed by atoms with E-state index in [9.17, 15) is 4.79 Å². The van der Waals surface area contributed by atoms with Crippen molar-refractivity contribution >= 4 is 5.78 Å². The smallest absolute Gasteiger partial charge is 0.141 e. The highest BCUT2D eigenvalue weighted by Crippen LogP contribution is 2.44. The number of rotatable bonds is 6. The molecule has 106 valence electrons. The molecule has 2 heteroatoms. The van der Waals surface area contributed by atoms with Gasteiger partial charge < -0.3 is 4.74 Å². The summed E-state index contributed by atoms with van der Waals surface area (Å²) < 4.78 is 6.05. The number of ether oxygens (including phenoxy) is 1. The summed E-state index contributed by atoms with van der Waals surface area (Å²) in [5, 5.41) is 0. The Morgan fingerprint density at radius 1 is 1.28 bits per heavy atom. The van der Waals surface area contributed by atoms with E-state index in [1.165, 1.54) is 6.42 Å². The lowest BCUT2D eigenvalue weighted by atomic mass is 9.77. The first-order valence-electron chi connectivity index (χ1n) is 7.47. The SMILES string of the molecule is CCCCC(CC)C(=O)C1CC(C)(C)OC1(C)C. The highest BCUT2D eigenvalue weighted by atomic mass is 16.5. The third-order valence-electron chi connectivity index (χ3n) is 4.22. The molecule has 1 aliphatic heterocycles. The fourth-order valence-electron chi connectivity index (χ4n) is 3.29. The van der Waals surface area contributed by atoms with Crippen LogP contribution >= 0.6 is 0 Å². The Morgan fingerprint density at radius 2 is 1.89 bits per heavy atom. The predicted molar refractivity (Wildman–Crippen MR) is 75.7 cm³/mol. The first-order chi connectivity index (χ1) is 8.23. The van der Waals surface area contributed by atoms with E-state index in [0.29, 0.717) is 5.78 Å². The predicted octanol–water partition coefficient (Wildman–Crippen LogP) is 4.37. The summed E-state index contributed by atoms with van der Waals surface area (Å²) in [6, 6.07) is 0. The van der Waals surface area contributed by atoms with Gasteiger partial charge in [-0.1, -0.05) is 26.7 Å². The highest BCUT2D eigenvalue weighted by molar-refractivity contribution is 5.84. The average molecular weight is 254 g/mol. The maximum Gasteiger partial charge on any atom is 0.141 e. The normalized spacial score (nSPS) is 27.1. The minimum absolute atomic E-state index is 0.0642. The molecule has 1 fully saturated rings. The molecule has 0 aromatic heterocycles. The minimum atomic E-state index is -0.305. The molecule has 2 unspecified atom stereocenters. The van der Waals surface area contributed by atoms with Gasteiger partial charge in [0.2, 0.25) is 0 Å². The molecular weight excluding hydrogens is 224 g/mol. The van der Waals surface area contributed by atoms with E-state index in [1.807, 2.05) is 0 Å². The lowest BCUT2D eigenvalue weighted by Crippen LogP contribution is -2.36. The minimum Gasteiger partial charge on any atom is -0.369 e. The molecule has 0 radical (unpaired) electrons. The van der Waals surface area contributed by atoms with Gasteiger partial charge in [0.05, 0.1) is 11.2 Å². The van der Waals surface area contributed by atoms with E-state index in [4.69, 9.17) is 4.74 Å². The molecule has 1 rings (SSSR count). The third-order valence-corrected chi connectivity index (χ3v) is 4.22. The van der Waals surface area contributed by atoms with E-state index >= 15 is 0 Å². The van der Waals surface area contributed by atoms with Crippen molar-refractivity contribution in [1.82, 2.24) is 0 Å². The van der Waals surface area contributed by atoms with Gasteiger partial charge in [-0.15, -0.1) is 0 Å². The largest absolute Gasteiger partial charge is 0.369 e. The van der Waals surface area contributed by atoms with Crippen molar-refractivity contribution in [3.05, 3.63) is 0 Å². The molecule has 0 bridgehead atoms. The zero-order chi connectivity index (χ0) is 14.0. The third kappa shape index (κ3) is 3.57. The number of carbonyl (C=O) groups excluding carboxylic acids is 1. The number of Topliss-reactive ketones (excluding diaryl/α,β-unsaturated/α-hetero) is 1. The second-order valence-electron chi connectivity index (χ2n) is 6.87. The van der Waals surface area contributed by atoms with E-state index < -0.39 is 0 Å². The van der Waals surface area contributed by atoms with Gasteiger partial charge in [-0.2, -0.15) is 0 Å². The molecule has 0 aliphatic carbocycles. The molecule has 1 saturated heterocycles. The molecule has 0 spiro atoms. The molecule has 18 heavy (non-hydrogen) atoms. The molecule has 0 aromatic rings. The maximum absolute atomic E-state index is 12.7. The number of hydrogen-bond acceptors (Lipinski definition) is 2. The highest BCUT2D eigenvalue weighted by Gasteiger charge is 2.49. The van der Waals surface area contributed by atoms with Crippen LogP contribution in [0.1, 0.15) is 73.6 Å². The van der Waals surface area contributed by atoms with Gasteiger partial charge in [0.15, 0.2) is 0 Å². The molecule has 2 nitrogen and oxygen atoms in total. The standard InChI is InChI=1S/C16H30O2/c1-7-9-10-12(8-2)14(17)13-11-15(3,4)18-16(13,5)6/h12-13H,7-11H2,1-6H3. The molecule has 1 heterocycles. The van der Waals surface area contributed by atoms with Crippen LogP contribution in [-0.4, -0.2) is 17.0 Å². The second-order valence-corrected chi connectivity index (χ2v) is 6.87. The number of carbonyl (C=O) groups is 1. The first kappa shape index (κ1) is 15.7. The van der Waals surface area contributed by atoms with Crippen LogP contribution in [0.15, 0.2) is 0 Å². The van der Waals surface area contributed by atoms with Crippen LogP contribution in [0.25, 0.3) is 0 Å². The van der Waals surface area contributed by atoms with Gasteiger partial charge in [0.1, 0.15) is 5.78 Å². The summed E-state index contributed by atoms with van der Waals surface area (Å²) in [7, 11) is 0. The van der Waals surface area contributed by atoms with Gasteiger partial charge >= 0.3 is 0 Å². The van der Waals surface area contributed by atoms with Gasteiger partial charge in [0, 0.05) is 11.8 Å². The Balaban J connectivity index is 2.76. The lowest BCUT2D eigenvalue weighted by Gasteiger charge is -2.28. The van der Waals surface area contributed by atoms with Crippen molar-refractivity contribution in [2.24, 2.45) is 11.8 Å². The average Bonchev–Trinajstić information content (AvgIpc) is 2.47. The number of ketones is 1. The molecule has 0 aromatic carbocycles. The van der Waals surface area contributed by atoms with E-state index in [2.05, 4.69) is 41.5 Å². The summed E-state index contributed by atoms with van der Waals surface area (Å²) in [5.74, 6) is 0.725. The van der Waals surface area contributed by atoms with Gasteiger partial charge in [-0.05, 0) is 47.0 Å². The van der Waals surface area contributed by atoms with Crippen molar-refractivity contribution in [1.29, 1.82) is 0 Å². The maximum atomic E-state index is 12.7. The fourth-order valence-corrected chi connectivity index (χ4v) is 3.29. The van der Waals surface area contributed by atoms with Crippen LogP contribution in [0.5, 0.6) is 0 Å². The number of hydrogen-bond donors (Lipinski definition) is 0. The van der Waals surface area contributed by atoms with Crippen molar-refractivity contribution in [2.75, 3.05) is 0 Å².